The number of hydrogen-bond donors (Lipinski definition) is 0. The predicted octanol–water partition coefficient (Wildman–Crippen LogP) is 2.70. The molecule has 6 heteroatoms. The van der Waals surface area contributed by atoms with Gasteiger partial charge < -0.3 is 4.90 Å². The summed E-state index contributed by atoms with van der Waals surface area (Å²) in [5, 5.41) is 4.20. The second kappa shape index (κ2) is 6.94. The quantitative estimate of drug-likeness (QED) is 0.861. The highest BCUT2D eigenvalue weighted by atomic mass is 16.2. The number of amides is 1. The van der Waals surface area contributed by atoms with Gasteiger partial charge in [-0.2, -0.15) is 5.10 Å². The molecule has 1 fully saturated rings. The minimum Gasteiger partial charge on any atom is -0.342 e. The first kappa shape index (κ1) is 17.6. The van der Waals surface area contributed by atoms with Gasteiger partial charge in [-0.05, 0) is 25.2 Å². The third-order valence-corrected chi connectivity index (χ3v) is 4.63. The van der Waals surface area contributed by atoms with Crippen molar-refractivity contribution in [3.8, 4) is 11.3 Å². The van der Waals surface area contributed by atoms with Crippen LogP contribution in [0.15, 0.2) is 24.8 Å². The van der Waals surface area contributed by atoms with Crippen molar-refractivity contribution in [3.63, 3.8) is 0 Å². The summed E-state index contributed by atoms with van der Waals surface area (Å²) < 4.78 is 1.76. The van der Waals surface area contributed by atoms with Gasteiger partial charge in [0.2, 0.25) is 5.91 Å². The monoisotopic (exact) mass is 341 g/mol. The Morgan fingerprint density at radius 1 is 1.28 bits per heavy atom. The molecule has 0 saturated carbocycles. The molecule has 2 aromatic rings. The molecule has 0 radical (unpaired) electrons. The fourth-order valence-electron chi connectivity index (χ4n) is 3.38. The van der Waals surface area contributed by atoms with Gasteiger partial charge >= 0.3 is 0 Å². The normalized spacial score (nSPS) is 18.4. The molecule has 1 aliphatic heterocycles. The minimum absolute atomic E-state index is 0.243. The number of aromatic nitrogens is 4. The van der Waals surface area contributed by atoms with Gasteiger partial charge in [-0.25, -0.2) is 4.98 Å². The predicted molar refractivity (Wildman–Crippen MR) is 96.7 cm³/mol. The molecule has 1 unspecified atom stereocenters. The van der Waals surface area contributed by atoms with E-state index >= 15 is 0 Å². The van der Waals surface area contributed by atoms with Crippen LogP contribution in [0.4, 0.5) is 0 Å². The van der Waals surface area contributed by atoms with Crippen LogP contribution < -0.4 is 0 Å². The number of carbonyl (C=O) groups excluding carboxylic acids is 1. The van der Waals surface area contributed by atoms with E-state index in [0.29, 0.717) is 5.92 Å². The highest BCUT2D eigenvalue weighted by molar-refractivity contribution is 5.81. The molecule has 1 atom stereocenters. The van der Waals surface area contributed by atoms with E-state index in [9.17, 15) is 4.79 Å². The SMILES string of the molecule is Cn1cc(-c2cncc(CC3CCCN(C(=O)C(C)(C)C)C3)n2)cn1. The molecule has 0 aromatic carbocycles. The van der Waals surface area contributed by atoms with Crippen LogP contribution in [0.1, 0.15) is 39.3 Å². The van der Waals surface area contributed by atoms with Crippen molar-refractivity contribution in [2.45, 2.75) is 40.0 Å². The van der Waals surface area contributed by atoms with Crippen molar-refractivity contribution < 1.29 is 4.79 Å². The van der Waals surface area contributed by atoms with E-state index in [-0.39, 0.29) is 11.3 Å². The zero-order valence-electron chi connectivity index (χ0n) is 15.6. The molecule has 0 aliphatic carbocycles. The van der Waals surface area contributed by atoms with Crippen molar-refractivity contribution in [1.29, 1.82) is 0 Å². The number of likely N-dealkylation sites (tertiary alicyclic amines) is 1. The highest BCUT2D eigenvalue weighted by Crippen LogP contribution is 2.25. The lowest BCUT2D eigenvalue weighted by atomic mass is 9.89. The van der Waals surface area contributed by atoms with Gasteiger partial charge in [0, 0.05) is 43.5 Å². The number of carbonyl (C=O) groups is 1. The molecule has 6 nitrogen and oxygen atoms in total. The van der Waals surface area contributed by atoms with Crippen LogP contribution in [0, 0.1) is 11.3 Å². The molecule has 2 aromatic heterocycles. The van der Waals surface area contributed by atoms with E-state index in [1.54, 1.807) is 17.1 Å². The second-order valence-corrected chi connectivity index (χ2v) is 8.01. The Hall–Kier alpha value is -2.24. The lowest BCUT2D eigenvalue weighted by molar-refractivity contribution is -0.141. The molecule has 1 aliphatic rings. The summed E-state index contributed by atoms with van der Waals surface area (Å²) in [6.45, 7) is 7.65. The van der Waals surface area contributed by atoms with Crippen molar-refractivity contribution in [1.82, 2.24) is 24.6 Å². The fourth-order valence-corrected chi connectivity index (χ4v) is 3.38. The number of piperidine rings is 1. The van der Waals surface area contributed by atoms with Gasteiger partial charge in [-0.15, -0.1) is 0 Å². The van der Waals surface area contributed by atoms with Gasteiger partial charge in [0.25, 0.3) is 0 Å². The Kier molecular flexibility index (Phi) is 4.88. The number of nitrogens with zero attached hydrogens (tertiary/aromatic N) is 5. The first-order valence-electron chi connectivity index (χ1n) is 8.92. The van der Waals surface area contributed by atoms with E-state index in [2.05, 4.69) is 10.1 Å². The Balaban J connectivity index is 1.69. The molecular weight excluding hydrogens is 314 g/mol. The van der Waals surface area contributed by atoms with E-state index in [1.807, 2.05) is 45.1 Å². The molecule has 134 valence electrons. The lowest BCUT2D eigenvalue weighted by Crippen LogP contribution is -2.45. The van der Waals surface area contributed by atoms with Crippen LogP contribution >= 0.6 is 0 Å². The van der Waals surface area contributed by atoms with Gasteiger partial charge in [0.15, 0.2) is 0 Å². The standard InChI is InChI=1S/C19H27N5O/c1-19(2,3)18(25)24-7-5-6-14(12-24)8-16-10-20-11-17(22-16)15-9-21-23(4)13-15/h9-11,13-14H,5-8,12H2,1-4H3. The molecule has 0 bridgehead atoms. The maximum atomic E-state index is 12.5. The Labute approximate surface area is 149 Å². The van der Waals surface area contributed by atoms with Crippen molar-refractivity contribution in [2.24, 2.45) is 18.4 Å². The smallest absolute Gasteiger partial charge is 0.227 e. The Bertz CT molecular complexity index is 746. The number of hydrogen-bond acceptors (Lipinski definition) is 4. The molecule has 1 amide bonds. The van der Waals surface area contributed by atoms with Crippen molar-refractivity contribution >= 4 is 5.91 Å². The Morgan fingerprint density at radius 2 is 2.08 bits per heavy atom. The van der Waals surface area contributed by atoms with E-state index in [1.165, 1.54) is 0 Å². The maximum Gasteiger partial charge on any atom is 0.227 e. The van der Waals surface area contributed by atoms with Crippen LogP contribution in [-0.4, -0.2) is 43.6 Å². The molecule has 25 heavy (non-hydrogen) atoms. The largest absolute Gasteiger partial charge is 0.342 e. The van der Waals surface area contributed by atoms with Crippen LogP contribution in [0.2, 0.25) is 0 Å². The Morgan fingerprint density at radius 3 is 2.76 bits per heavy atom. The van der Waals surface area contributed by atoms with Crippen LogP contribution in [0.3, 0.4) is 0 Å². The highest BCUT2D eigenvalue weighted by Gasteiger charge is 2.31. The second-order valence-electron chi connectivity index (χ2n) is 8.01. The summed E-state index contributed by atoms with van der Waals surface area (Å²) in [7, 11) is 1.89. The van der Waals surface area contributed by atoms with Crippen LogP contribution in [-0.2, 0) is 18.3 Å². The third kappa shape index (κ3) is 4.24. The van der Waals surface area contributed by atoms with E-state index in [0.717, 1.165) is 49.3 Å². The summed E-state index contributed by atoms with van der Waals surface area (Å²) >= 11 is 0. The minimum atomic E-state index is -0.318. The van der Waals surface area contributed by atoms with Crippen LogP contribution in [0.5, 0.6) is 0 Å². The summed E-state index contributed by atoms with van der Waals surface area (Å²) in [6.07, 6.45) is 10.4. The summed E-state index contributed by atoms with van der Waals surface area (Å²) in [4.78, 5) is 23.7. The average Bonchev–Trinajstić information content (AvgIpc) is 3.00. The maximum absolute atomic E-state index is 12.5. The topological polar surface area (TPSA) is 63.9 Å². The number of aryl methyl sites for hydroxylation is 1. The summed E-state index contributed by atoms with van der Waals surface area (Å²) in [6, 6.07) is 0. The van der Waals surface area contributed by atoms with Crippen molar-refractivity contribution in [2.75, 3.05) is 13.1 Å². The fraction of sp³-hybridized carbons (Fsp3) is 0.579. The molecule has 0 N–H and O–H groups in total. The average molecular weight is 341 g/mol. The van der Waals surface area contributed by atoms with Gasteiger partial charge in [-0.1, -0.05) is 20.8 Å². The summed E-state index contributed by atoms with van der Waals surface area (Å²) in [5.74, 6) is 0.686. The molecule has 3 rings (SSSR count). The first-order valence-corrected chi connectivity index (χ1v) is 8.92. The molecular formula is C19H27N5O. The van der Waals surface area contributed by atoms with E-state index in [4.69, 9.17) is 4.98 Å². The molecule has 1 saturated heterocycles. The number of rotatable bonds is 3. The van der Waals surface area contributed by atoms with Crippen LogP contribution in [0.25, 0.3) is 11.3 Å². The molecule has 3 heterocycles. The zero-order valence-corrected chi connectivity index (χ0v) is 15.6. The summed E-state index contributed by atoms with van der Waals surface area (Å²) in [5.41, 5.74) is 2.49. The zero-order chi connectivity index (χ0) is 18.0. The van der Waals surface area contributed by atoms with Gasteiger partial charge in [0.05, 0.1) is 23.8 Å². The van der Waals surface area contributed by atoms with Gasteiger partial charge in [-0.3, -0.25) is 14.5 Å². The lowest BCUT2D eigenvalue weighted by Gasteiger charge is -2.36. The first-order chi connectivity index (χ1) is 11.8. The van der Waals surface area contributed by atoms with E-state index < -0.39 is 0 Å². The third-order valence-electron chi connectivity index (χ3n) is 4.63. The van der Waals surface area contributed by atoms with Gasteiger partial charge in [0.1, 0.15) is 0 Å². The van der Waals surface area contributed by atoms with Crippen molar-refractivity contribution in [3.05, 3.63) is 30.5 Å². The molecule has 0 spiro atoms.